The highest BCUT2D eigenvalue weighted by molar-refractivity contribution is 6.12. The molecule has 0 saturated heterocycles. The second kappa shape index (κ2) is 5.28. The van der Waals surface area contributed by atoms with Gasteiger partial charge in [-0.25, -0.2) is 0 Å². The van der Waals surface area contributed by atoms with Crippen LogP contribution in [0, 0.1) is 10.8 Å². The molecule has 5 N–H and O–H groups in total. The highest BCUT2D eigenvalue weighted by Gasteiger charge is 2.17. The number of rotatable bonds is 4. The molecule has 0 radical (unpaired) electrons. The highest BCUT2D eigenvalue weighted by atomic mass is 16.4. The molecule has 7 nitrogen and oxygen atoms in total. The molecule has 0 atom stereocenters. The van der Waals surface area contributed by atoms with Crippen molar-refractivity contribution in [3.8, 4) is 11.8 Å². The van der Waals surface area contributed by atoms with Gasteiger partial charge in [-0.3, -0.25) is 9.36 Å². The van der Waals surface area contributed by atoms with Crippen molar-refractivity contribution < 1.29 is 20.1 Å². The van der Waals surface area contributed by atoms with E-state index < -0.39 is 5.97 Å². The first-order valence-electron chi connectivity index (χ1n) is 7.06. The fourth-order valence-electron chi connectivity index (χ4n) is 2.86. The number of nitrogens with zero attached hydrogens (tertiary/aromatic N) is 1. The SMILES string of the molecule is N=c1ccc2c(O)n(CCCC(=O)O)c(O)c3ccc(=N)c1c23. The molecular weight excluding hydrogens is 298 g/mol. The molecule has 3 aromatic rings. The van der Waals surface area contributed by atoms with Crippen molar-refractivity contribution >= 4 is 27.5 Å². The van der Waals surface area contributed by atoms with Crippen LogP contribution >= 0.6 is 0 Å². The number of hydrogen-bond acceptors (Lipinski definition) is 5. The van der Waals surface area contributed by atoms with Crippen LogP contribution in [0.25, 0.3) is 21.5 Å². The van der Waals surface area contributed by atoms with E-state index in [4.69, 9.17) is 15.9 Å². The van der Waals surface area contributed by atoms with Gasteiger partial charge < -0.3 is 26.1 Å². The predicted molar refractivity (Wildman–Crippen MR) is 82.5 cm³/mol. The number of benzene rings is 2. The molecule has 118 valence electrons. The van der Waals surface area contributed by atoms with Crippen molar-refractivity contribution in [1.82, 2.24) is 4.57 Å². The number of aliphatic carboxylic acids is 1. The van der Waals surface area contributed by atoms with Crippen LogP contribution in [0.4, 0.5) is 0 Å². The van der Waals surface area contributed by atoms with E-state index in [-0.39, 0.29) is 41.9 Å². The van der Waals surface area contributed by atoms with Gasteiger partial charge >= 0.3 is 5.97 Å². The average Bonchev–Trinajstić information content (AvgIpc) is 2.49. The summed E-state index contributed by atoms with van der Waals surface area (Å²) in [4.78, 5) is 10.6. The molecule has 0 aliphatic rings. The fourth-order valence-corrected chi connectivity index (χ4v) is 2.86. The van der Waals surface area contributed by atoms with Crippen LogP contribution in [0.5, 0.6) is 11.8 Å². The predicted octanol–water partition coefficient (Wildman–Crippen LogP) is 1.47. The van der Waals surface area contributed by atoms with Crippen LogP contribution in [0.15, 0.2) is 24.3 Å². The van der Waals surface area contributed by atoms with Crippen LogP contribution in [-0.4, -0.2) is 25.9 Å². The summed E-state index contributed by atoms with van der Waals surface area (Å²) in [6, 6.07) is 6.13. The monoisotopic (exact) mass is 313 g/mol. The Morgan fingerprint density at radius 3 is 1.96 bits per heavy atom. The number of nitrogens with one attached hydrogen (secondary N) is 2. The van der Waals surface area contributed by atoms with Gasteiger partial charge in [0.2, 0.25) is 11.8 Å². The molecule has 1 aromatic heterocycles. The molecule has 7 heteroatoms. The summed E-state index contributed by atoms with van der Waals surface area (Å²) >= 11 is 0. The van der Waals surface area contributed by atoms with Gasteiger partial charge in [-0.15, -0.1) is 0 Å². The molecule has 0 unspecified atom stereocenters. The van der Waals surface area contributed by atoms with Crippen molar-refractivity contribution in [3.05, 3.63) is 35.0 Å². The van der Waals surface area contributed by atoms with Gasteiger partial charge in [0.05, 0.1) is 10.7 Å². The van der Waals surface area contributed by atoms with Gasteiger partial charge in [-0.2, -0.15) is 0 Å². The van der Waals surface area contributed by atoms with E-state index in [9.17, 15) is 15.0 Å². The first-order valence-corrected chi connectivity index (χ1v) is 7.06. The maximum absolute atomic E-state index is 10.6. The van der Waals surface area contributed by atoms with E-state index >= 15 is 0 Å². The molecule has 3 rings (SSSR count). The molecule has 0 spiro atoms. The Balaban J connectivity index is 2.32. The molecule has 1 heterocycles. The standard InChI is InChI=1S/C16H15N3O4/c17-10-5-3-8-13-9(4-6-11(18)14(10)13)16(23)19(15(8)22)7-1-2-12(20)21/h3-6,17-18,22-23H,1-2,7H2,(H,20,21). The molecule has 0 aliphatic heterocycles. The number of pyridine rings is 1. The largest absolute Gasteiger partial charge is 0.494 e. The molecule has 0 fully saturated rings. The molecular formula is C16H15N3O4. The zero-order valence-corrected chi connectivity index (χ0v) is 12.1. The molecule has 0 aliphatic carbocycles. The highest BCUT2D eigenvalue weighted by Crippen LogP contribution is 2.36. The maximum atomic E-state index is 10.6. The lowest BCUT2D eigenvalue weighted by Crippen LogP contribution is -2.13. The van der Waals surface area contributed by atoms with Crippen molar-refractivity contribution in [3.63, 3.8) is 0 Å². The van der Waals surface area contributed by atoms with Gasteiger partial charge in [-0.1, -0.05) is 0 Å². The summed E-state index contributed by atoms with van der Waals surface area (Å²) < 4.78 is 1.26. The molecule has 0 saturated carbocycles. The van der Waals surface area contributed by atoms with Gasteiger partial charge in [0.15, 0.2) is 0 Å². The lowest BCUT2D eigenvalue weighted by Gasteiger charge is -2.17. The zero-order chi connectivity index (χ0) is 16.7. The Labute approximate surface area is 130 Å². The minimum Gasteiger partial charge on any atom is -0.494 e. The molecule has 2 aromatic carbocycles. The number of carboxylic acid groups (broad SMARTS) is 1. The minimum atomic E-state index is -0.943. The number of carboxylic acids is 1. The summed E-state index contributed by atoms with van der Waals surface area (Å²) in [6.07, 6.45) is 0.186. The third-order valence-corrected chi connectivity index (χ3v) is 3.93. The average molecular weight is 313 g/mol. The number of carbonyl (C=O) groups is 1. The smallest absolute Gasteiger partial charge is 0.303 e. The van der Waals surface area contributed by atoms with Crippen LogP contribution in [0.1, 0.15) is 12.8 Å². The Morgan fingerprint density at radius 1 is 0.957 bits per heavy atom. The summed E-state index contributed by atoms with van der Waals surface area (Å²) in [6.45, 7) is 0.149. The van der Waals surface area contributed by atoms with Crippen molar-refractivity contribution in [2.24, 2.45) is 0 Å². The van der Waals surface area contributed by atoms with E-state index in [0.717, 1.165) is 0 Å². The quantitative estimate of drug-likeness (QED) is 0.499. The first kappa shape index (κ1) is 14.8. The number of hydrogen-bond donors (Lipinski definition) is 5. The molecule has 0 bridgehead atoms. The topological polar surface area (TPSA) is 130 Å². The lowest BCUT2D eigenvalue weighted by molar-refractivity contribution is -0.137. The minimum absolute atomic E-state index is 0.0728. The summed E-state index contributed by atoms with van der Waals surface area (Å²) in [5.41, 5.74) is 0. The summed E-state index contributed by atoms with van der Waals surface area (Å²) in [5.74, 6) is -1.34. The Bertz CT molecular complexity index is 971. The van der Waals surface area contributed by atoms with Gasteiger partial charge in [0, 0.05) is 34.5 Å². The van der Waals surface area contributed by atoms with Crippen LogP contribution in [0.3, 0.4) is 0 Å². The third-order valence-electron chi connectivity index (χ3n) is 3.93. The van der Waals surface area contributed by atoms with Crippen molar-refractivity contribution in [2.75, 3.05) is 0 Å². The summed E-state index contributed by atoms with van der Waals surface area (Å²) in [5, 5.41) is 47.5. The van der Waals surface area contributed by atoms with E-state index in [0.29, 0.717) is 21.5 Å². The Hall–Kier alpha value is -3.09. The summed E-state index contributed by atoms with van der Waals surface area (Å²) in [7, 11) is 0. The Kier molecular flexibility index (Phi) is 3.40. The van der Waals surface area contributed by atoms with Gasteiger partial charge in [-0.05, 0) is 30.7 Å². The van der Waals surface area contributed by atoms with Gasteiger partial charge in [0.1, 0.15) is 0 Å². The van der Waals surface area contributed by atoms with E-state index in [2.05, 4.69) is 0 Å². The maximum Gasteiger partial charge on any atom is 0.303 e. The zero-order valence-electron chi connectivity index (χ0n) is 12.1. The second-order valence-electron chi connectivity index (χ2n) is 5.37. The molecule has 0 amide bonds. The lowest BCUT2D eigenvalue weighted by atomic mass is 10.0. The first-order chi connectivity index (χ1) is 10.9. The fraction of sp³-hybridized carbons (Fsp3) is 0.188. The number of aromatic nitrogens is 1. The van der Waals surface area contributed by atoms with Crippen molar-refractivity contribution in [1.29, 1.82) is 10.8 Å². The third kappa shape index (κ3) is 2.26. The molecule has 23 heavy (non-hydrogen) atoms. The van der Waals surface area contributed by atoms with E-state index in [1.807, 2.05) is 0 Å². The van der Waals surface area contributed by atoms with E-state index in [1.165, 1.54) is 16.7 Å². The number of aromatic hydroxyl groups is 2. The van der Waals surface area contributed by atoms with Crippen molar-refractivity contribution in [2.45, 2.75) is 19.4 Å². The van der Waals surface area contributed by atoms with Crippen LogP contribution in [0.2, 0.25) is 0 Å². The normalized spacial score (nSPS) is 11.3. The van der Waals surface area contributed by atoms with Crippen LogP contribution < -0.4 is 10.7 Å². The van der Waals surface area contributed by atoms with Crippen LogP contribution in [-0.2, 0) is 11.3 Å². The Morgan fingerprint density at radius 2 is 1.48 bits per heavy atom. The second-order valence-corrected chi connectivity index (χ2v) is 5.37. The van der Waals surface area contributed by atoms with E-state index in [1.54, 1.807) is 12.1 Å². The van der Waals surface area contributed by atoms with Gasteiger partial charge in [0.25, 0.3) is 0 Å².